The molecule has 4 aromatic rings. The lowest BCUT2D eigenvalue weighted by Crippen LogP contribution is -2.49. The number of benzene rings is 1. The molecule has 2 fully saturated rings. The van der Waals surface area contributed by atoms with Crippen molar-refractivity contribution in [2.75, 3.05) is 70.8 Å². The van der Waals surface area contributed by atoms with E-state index < -0.39 is 33.6 Å². The van der Waals surface area contributed by atoms with E-state index in [1.54, 1.807) is 30.5 Å². The zero-order valence-electron chi connectivity index (χ0n) is 28.3. The second-order valence-corrected chi connectivity index (χ2v) is 14.2. The minimum atomic E-state index is -4.75. The average molecular weight is 740 g/mol. The topological polar surface area (TPSA) is 169 Å². The quantitative estimate of drug-likeness (QED) is 0.204. The predicted octanol–water partition coefficient (Wildman–Crippen LogP) is 3.81. The number of sulfonamides is 1. The summed E-state index contributed by atoms with van der Waals surface area (Å²) in [6, 6.07) is 13.8. The number of carbonyl (C=O) groups is 2. The Labute approximate surface area is 297 Å². The molecule has 0 atom stereocenters. The van der Waals surface area contributed by atoms with Crippen molar-refractivity contribution in [1.82, 2.24) is 30.2 Å². The van der Waals surface area contributed by atoms with Crippen molar-refractivity contribution in [2.24, 2.45) is 0 Å². The summed E-state index contributed by atoms with van der Waals surface area (Å²) < 4.78 is 66.7. The third-order valence-corrected chi connectivity index (χ3v) is 9.79. The summed E-state index contributed by atoms with van der Waals surface area (Å²) >= 11 is 0. The van der Waals surface area contributed by atoms with Gasteiger partial charge in [-0.05, 0) is 42.5 Å². The fraction of sp³-hybridized carbons (Fsp3) is 0.333. The van der Waals surface area contributed by atoms with Crippen LogP contribution >= 0.6 is 0 Å². The van der Waals surface area contributed by atoms with E-state index in [2.05, 4.69) is 45.7 Å². The number of amides is 3. The summed E-state index contributed by atoms with van der Waals surface area (Å²) in [5.41, 5.74) is 2.32. The molecular weight excluding hydrogens is 703 g/mol. The lowest BCUT2D eigenvalue weighted by molar-refractivity contribution is -0.137. The van der Waals surface area contributed by atoms with Gasteiger partial charge in [0.2, 0.25) is 21.9 Å². The number of piperazine rings is 1. The first-order valence-corrected chi connectivity index (χ1v) is 18.1. The monoisotopic (exact) mass is 739 g/mol. The molecule has 6 rings (SSSR count). The normalized spacial score (nSPS) is 15.7. The third kappa shape index (κ3) is 8.65. The van der Waals surface area contributed by atoms with Gasteiger partial charge >= 0.3 is 12.2 Å². The second-order valence-electron chi connectivity index (χ2n) is 12.2. The molecule has 3 N–H and O–H groups in total. The van der Waals surface area contributed by atoms with E-state index in [1.807, 2.05) is 24.3 Å². The van der Waals surface area contributed by atoms with Crippen molar-refractivity contribution < 1.29 is 31.2 Å². The first-order valence-electron chi connectivity index (χ1n) is 16.2. The van der Waals surface area contributed by atoms with Gasteiger partial charge in [-0.25, -0.2) is 23.2 Å². The van der Waals surface area contributed by atoms with Crippen LogP contribution in [-0.2, 0) is 34.1 Å². The van der Waals surface area contributed by atoms with Crippen molar-refractivity contribution in [3.63, 3.8) is 0 Å². The average Bonchev–Trinajstić information content (AvgIpc) is 3.11. The SMILES string of the molecule is CN(c1ncccc1CNc1nc(Nc2ccc(N3CCN(Cc4ccc(N5CCC(=O)NC5=O)cn4)CC3)cc2)ncc1C(F)(F)F)S(C)(=O)=O. The Morgan fingerprint density at radius 3 is 2.31 bits per heavy atom. The molecule has 0 saturated carbocycles. The van der Waals surface area contributed by atoms with Gasteiger partial charge in [0.05, 0.1) is 23.8 Å². The molecule has 3 aromatic heterocycles. The number of alkyl halides is 3. The molecular formula is C33H36F3N11O4S. The number of anilines is 6. The molecule has 5 heterocycles. The highest BCUT2D eigenvalue weighted by molar-refractivity contribution is 7.92. The number of aromatic nitrogens is 4. The Morgan fingerprint density at radius 2 is 1.65 bits per heavy atom. The van der Waals surface area contributed by atoms with E-state index in [0.29, 0.717) is 36.2 Å². The number of imide groups is 1. The Morgan fingerprint density at radius 1 is 0.923 bits per heavy atom. The molecule has 0 unspecified atom stereocenters. The third-order valence-electron chi connectivity index (χ3n) is 8.62. The zero-order valence-corrected chi connectivity index (χ0v) is 29.1. The van der Waals surface area contributed by atoms with Gasteiger partial charge in [-0.3, -0.25) is 29.2 Å². The molecule has 274 valence electrons. The lowest BCUT2D eigenvalue weighted by Gasteiger charge is -2.36. The number of pyridine rings is 2. The largest absolute Gasteiger partial charge is 0.421 e. The summed E-state index contributed by atoms with van der Waals surface area (Å²) in [7, 11) is -2.35. The predicted molar refractivity (Wildman–Crippen MR) is 189 cm³/mol. The van der Waals surface area contributed by atoms with Crippen molar-refractivity contribution >= 4 is 56.6 Å². The number of rotatable bonds is 11. The Hall–Kier alpha value is -5.56. The first kappa shape index (κ1) is 36.2. The van der Waals surface area contributed by atoms with Crippen LogP contribution in [0.1, 0.15) is 23.2 Å². The first-order chi connectivity index (χ1) is 24.7. The highest BCUT2D eigenvalue weighted by Gasteiger charge is 2.35. The summed E-state index contributed by atoms with van der Waals surface area (Å²) in [5.74, 6) is -0.748. The molecule has 0 bridgehead atoms. The van der Waals surface area contributed by atoms with Gasteiger partial charge < -0.3 is 15.5 Å². The molecule has 0 aliphatic carbocycles. The van der Waals surface area contributed by atoms with Gasteiger partial charge in [-0.2, -0.15) is 18.2 Å². The molecule has 0 spiro atoms. The van der Waals surface area contributed by atoms with E-state index >= 15 is 0 Å². The fourth-order valence-corrected chi connectivity index (χ4v) is 6.21. The molecule has 1 aromatic carbocycles. The summed E-state index contributed by atoms with van der Waals surface area (Å²) in [6.45, 7) is 3.89. The van der Waals surface area contributed by atoms with Crippen molar-refractivity contribution in [1.29, 1.82) is 0 Å². The summed E-state index contributed by atoms with van der Waals surface area (Å²) in [4.78, 5) is 46.2. The van der Waals surface area contributed by atoms with Gasteiger partial charge in [0.25, 0.3) is 0 Å². The molecule has 2 aliphatic rings. The minimum absolute atomic E-state index is 0.0625. The zero-order chi connectivity index (χ0) is 37.0. The maximum Gasteiger partial charge on any atom is 0.421 e. The number of urea groups is 1. The number of hydrogen-bond acceptors (Lipinski definition) is 12. The van der Waals surface area contributed by atoms with Crippen LogP contribution in [0, 0.1) is 0 Å². The molecule has 3 amide bonds. The van der Waals surface area contributed by atoms with Crippen LogP contribution in [0.4, 0.5) is 52.6 Å². The smallest absolute Gasteiger partial charge is 0.369 e. The molecule has 0 radical (unpaired) electrons. The van der Waals surface area contributed by atoms with Gasteiger partial charge in [0.15, 0.2) is 0 Å². The molecule has 52 heavy (non-hydrogen) atoms. The summed E-state index contributed by atoms with van der Waals surface area (Å²) in [5, 5.41) is 7.96. The van der Waals surface area contributed by atoms with Gasteiger partial charge in [0, 0.05) is 88.6 Å². The van der Waals surface area contributed by atoms with Crippen LogP contribution in [0.15, 0.2) is 67.1 Å². The van der Waals surface area contributed by atoms with Crippen LogP contribution in [0.25, 0.3) is 0 Å². The lowest BCUT2D eigenvalue weighted by atomic mass is 10.2. The maximum atomic E-state index is 13.9. The highest BCUT2D eigenvalue weighted by atomic mass is 32.2. The standard InChI is InChI=1S/C33H36F3N11O4S/c1-44(52(2,50)51)30-22(4-3-12-37-30)18-39-29-27(33(34,35)36)20-40-31(43-29)41-23-5-8-25(9-6-23)46-16-14-45(15-17-46)21-24-7-10-26(19-38-24)47-13-11-28(48)42-32(47)49/h3-10,12,19-20H,11,13-18,21H2,1-2H3,(H,42,48,49)(H2,39,40,41,43). The Bertz CT molecular complexity index is 2030. The number of nitrogens with one attached hydrogen (secondary N) is 3. The van der Waals surface area contributed by atoms with Gasteiger partial charge in [-0.15, -0.1) is 0 Å². The molecule has 2 saturated heterocycles. The van der Waals surface area contributed by atoms with Gasteiger partial charge in [-0.1, -0.05) is 6.07 Å². The van der Waals surface area contributed by atoms with Crippen LogP contribution in [0.2, 0.25) is 0 Å². The molecule has 19 heteroatoms. The second kappa shape index (κ2) is 15.0. The van der Waals surface area contributed by atoms with E-state index in [0.717, 1.165) is 48.1 Å². The highest BCUT2D eigenvalue weighted by Crippen LogP contribution is 2.35. The van der Waals surface area contributed by atoms with E-state index in [-0.39, 0.29) is 30.6 Å². The van der Waals surface area contributed by atoms with E-state index in [1.165, 1.54) is 18.1 Å². The number of hydrogen-bond donors (Lipinski definition) is 3. The van der Waals surface area contributed by atoms with Crippen molar-refractivity contribution in [3.8, 4) is 0 Å². The number of nitrogens with zero attached hydrogens (tertiary/aromatic N) is 8. The maximum absolute atomic E-state index is 13.9. The fourth-order valence-electron chi connectivity index (χ4n) is 5.73. The van der Waals surface area contributed by atoms with Crippen LogP contribution in [-0.4, -0.2) is 91.2 Å². The van der Waals surface area contributed by atoms with Gasteiger partial charge in [0.1, 0.15) is 17.2 Å². The Kier molecular flexibility index (Phi) is 10.4. The number of halogens is 3. The van der Waals surface area contributed by atoms with E-state index in [9.17, 15) is 31.2 Å². The summed E-state index contributed by atoms with van der Waals surface area (Å²) in [6.07, 6.45) is 0.235. The van der Waals surface area contributed by atoms with Crippen LogP contribution in [0.3, 0.4) is 0 Å². The Balaban J connectivity index is 1.05. The van der Waals surface area contributed by atoms with Crippen LogP contribution < -0.4 is 30.1 Å². The van der Waals surface area contributed by atoms with Crippen molar-refractivity contribution in [2.45, 2.75) is 25.7 Å². The minimum Gasteiger partial charge on any atom is -0.369 e. The molecule has 15 nitrogen and oxygen atoms in total. The molecule has 2 aliphatic heterocycles. The number of carbonyl (C=O) groups excluding carboxylic acids is 2. The van der Waals surface area contributed by atoms with E-state index in [4.69, 9.17) is 0 Å². The van der Waals surface area contributed by atoms with Crippen molar-refractivity contribution in [3.05, 3.63) is 83.9 Å². The van der Waals surface area contributed by atoms with Crippen LogP contribution in [0.5, 0.6) is 0 Å².